The lowest BCUT2D eigenvalue weighted by Gasteiger charge is -2.09. The van der Waals surface area contributed by atoms with Gasteiger partial charge in [-0.2, -0.15) is 0 Å². The van der Waals surface area contributed by atoms with Gasteiger partial charge >= 0.3 is 0 Å². The van der Waals surface area contributed by atoms with Crippen molar-refractivity contribution in [3.8, 4) is 0 Å². The van der Waals surface area contributed by atoms with E-state index >= 15 is 0 Å². The number of rotatable bonds is 7. The molecule has 1 heterocycles. The predicted molar refractivity (Wildman–Crippen MR) is 87.0 cm³/mol. The lowest BCUT2D eigenvalue weighted by Crippen LogP contribution is -2.27. The Kier molecular flexibility index (Phi) is 6.29. The van der Waals surface area contributed by atoms with Crippen LogP contribution in [0.1, 0.15) is 19.4 Å². The van der Waals surface area contributed by atoms with Crippen LogP contribution in [0.15, 0.2) is 23.4 Å². The summed E-state index contributed by atoms with van der Waals surface area (Å²) in [6.07, 6.45) is 0. The number of thioether (sulfide) groups is 1. The zero-order valence-electron chi connectivity index (χ0n) is 11.9. The monoisotopic (exact) mass is 345 g/mol. The average Bonchev–Trinajstić information content (AvgIpc) is 2.85. The number of benzene rings is 1. The molecule has 0 radical (unpaired) electrons. The molecule has 1 N–H and O–H groups in total. The molecule has 0 aliphatic rings. The highest BCUT2D eigenvalue weighted by Gasteiger charge is 2.09. The SMILES string of the molecule is CC(C)NCCn1nnnc1SCc1ccc(Cl)cc1Cl. The van der Waals surface area contributed by atoms with Gasteiger partial charge in [-0.1, -0.05) is 54.9 Å². The van der Waals surface area contributed by atoms with Crippen molar-refractivity contribution in [1.82, 2.24) is 25.5 Å². The summed E-state index contributed by atoms with van der Waals surface area (Å²) in [5.74, 6) is 0.702. The number of tetrazole rings is 1. The third-order valence-corrected chi connectivity index (χ3v) is 4.34. The molecular weight excluding hydrogens is 329 g/mol. The number of nitrogens with one attached hydrogen (secondary N) is 1. The van der Waals surface area contributed by atoms with Gasteiger partial charge in [-0.25, -0.2) is 4.68 Å². The van der Waals surface area contributed by atoms with Crippen molar-refractivity contribution in [3.63, 3.8) is 0 Å². The zero-order valence-corrected chi connectivity index (χ0v) is 14.2. The Morgan fingerprint density at radius 3 is 2.86 bits per heavy atom. The molecule has 0 spiro atoms. The normalized spacial score (nSPS) is 11.3. The second kappa shape index (κ2) is 7.98. The first-order chi connectivity index (χ1) is 10.1. The van der Waals surface area contributed by atoms with Crippen molar-refractivity contribution in [3.05, 3.63) is 33.8 Å². The Hall–Kier alpha value is -0.820. The van der Waals surface area contributed by atoms with Gasteiger partial charge in [-0.05, 0) is 28.1 Å². The van der Waals surface area contributed by atoms with Crippen LogP contribution in [-0.2, 0) is 12.3 Å². The number of hydrogen-bond donors (Lipinski definition) is 1. The summed E-state index contributed by atoms with van der Waals surface area (Å²) < 4.78 is 1.80. The van der Waals surface area contributed by atoms with Crippen molar-refractivity contribution in [2.45, 2.75) is 37.3 Å². The summed E-state index contributed by atoms with van der Waals surface area (Å²) >= 11 is 13.6. The van der Waals surface area contributed by atoms with Crippen molar-refractivity contribution in [2.75, 3.05) is 6.54 Å². The molecule has 21 heavy (non-hydrogen) atoms. The Labute approximate surface area is 138 Å². The van der Waals surface area contributed by atoms with Gasteiger partial charge in [0.2, 0.25) is 5.16 Å². The fourth-order valence-corrected chi connectivity index (χ4v) is 3.14. The standard InChI is InChI=1S/C13H17Cl2N5S/c1-9(2)16-5-6-20-13(17-18-19-20)21-8-10-3-4-11(14)7-12(10)15/h3-4,7,9,16H,5-6,8H2,1-2H3. The molecule has 1 aromatic heterocycles. The Morgan fingerprint density at radius 1 is 1.33 bits per heavy atom. The molecule has 0 aliphatic heterocycles. The second-order valence-electron chi connectivity index (χ2n) is 4.82. The predicted octanol–water partition coefficient (Wildman–Crippen LogP) is 3.27. The van der Waals surface area contributed by atoms with E-state index in [0.717, 1.165) is 23.8 Å². The van der Waals surface area contributed by atoms with Gasteiger partial charge in [0, 0.05) is 28.4 Å². The lowest BCUT2D eigenvalue weighted by molar-refractivity contribution is 0.485. The van der Waals surface area contributed by atoms with Gasteiger partial charge in [0.05, 0.1) is 6.54 Å². The van der Waals surface area contributed by atoms with E-state index in [1.165, 1.54) is 0 Å². The van der Waals surface area contributed by atoms with Gasteiger partial charge in [-0.3, -0.25) is 0 Å². The molecule has 114 valence electrons. The maximum absolute atomic E-state index is 6.16. The molecular formula is C13H17Cl2N5S. The summed E-state index contributed by atoms with van der Waals surface area (Å²) in [6, 6.07) is 5.95. The Bertz CT molecular complexity index is 588. The summed E-state index contributed by atoms with van der Waals surface area (Å²) in [6.45, 7) is 5.79. The minimum Gasteiger partial charge on any atom is -0.313 e. The fourth-order valence-electron chi connectivity index (χ4n) is 1.68. The molecule has 0 saturated heterocycles. The van der Waals surface area contributed by atoms with Crippen LogP contribution in [0.3, 0.4) is 0 Å². The molecule has 0 aliphatic carbocycles. The van der Waals surface area contributed by atoms with E-state index < -0.39 is 0 Å². The van der Waals surface area contributed by atoms with Crippen LogP contribution in [-0.4, -0.2) is 32.8 Å². The number of aromatic nitrogens is 4. The van der Waals surface area contributed by atoms with Gasteiger partial charge in [-0.15, -0.1) is 5.10 Å². The first-order valence-corrected chi connectivity index (χ1v) is 8.36. The van der Waals surface area contributed by atoms with E-state index in [-0.39, 0.29) is 0 Å². The van der Waals surface area contributed by atoms with E-state index in [1.54, 1.807) is 22.5 Å². The molecule has 0 fully saturated rings. The van der Waals surface area contributed by atoms with Crippen LogP contribution >= 0.6 is 35.0 Å². The van der Waals surface area contributed by atoms with Crippen molar-refractivity contribution in [2.24, 2.45) is 0 Å². The largest absolute Gasteiger partial charge is 0.313 e. The Balaban J connectivity index is 1.92. The third-order valence-electron chi connectivity index (χ3n) is 2.75. The quantitative estimate of drug-likeness (QED) is 0.780. The van der Waals surface area contributed by atoms with E-state index in [1.807, 2.05) is 12.1 Å². The average molecular weight is 346 g/mol. The Morgan fingerprint density at radius 2 is 2.14 bits per heavy atom. The van der Waals surface area contributed by atoms with Crippen molar-refractivity contribution >= 4 is 35.0 Å². The first kappa shape index (κ1) is 16.5. The minimum absolute atomic E-state index is 0.449. The first-order valence-electron chi connectivity index (χ1n) is 6.62. The maximum atomic E-state index is 6.16. The second-order valence-corrected chi connectivity index (χ2v) is 6.60. The number of nitrogens with zero attached hydrogens (tertiary/aromatic N) is 4. The highest BCUT2D eigenvalue weighted by Crippen LogP contribution is 2.27. The van der Waals surface area contributed by atoms with E-state index in [4.69, 9.17) is 23.2 Å². The highest BCUT2D eigenvalue weighted by atomic mass is 35.5. The summed E-state index contributed by atoms with van der Waals surface area (Å²) in [5, 5.41) is 17.2. The summed E-state index contributed by atoms with van der Waals surface area (Å²) in [4.78, 5) is 0. The van der Waals surface area contributed by atoms with Crippen molar-refractivity contribution in [1.29, 1.82) is 0 Å². The van der Waals surface area contributed by atoms with Crippen LogP contribution in [0.4, 0.5) is 0 Å². The summed E-state index contributed by atoms with van der Waals surface area (Å²) in [7, 11) is 0. The van der Waals surface area contributed by atoms with Gasteiger partial charge in [0.15, 0.2) is 0 Å². The van der Waals surface area contributed by atoms with Crippen LogP contribution in [0, 0.1) is 0 Å². The third kappa shape index (κ3) is 5.14. The van der Waals surface area contributed by atoms with E-state index in [9.17, 15) is 0 Å². The van der Waals surface area contributed by atoms with Crippen LogP contribution in [0.25, 0.3) is 0 Å². The number of hydrogen-bond acceptors (Lipinski definition) is 5. The lowest BCUT2D eigenvalue weighted by atomic mass is 10.2. The molecule has 0 bridgehead atoms. The van der Waals surface area contributed by atoms with Crippen molar-refractivity contribution < 1.29 is 0 Å². The molecule has 0 amide bonds. The fraction of sp³-hybridized carbons (Fsp3) is 0.462. The molecule has 2 rings (SSSR count). The molecule has 8 heteroatoms. The molecule has 0 atom stereocenters. The smallest absolute Gasteiger partial charge is 0.209 e. The molecule has 0 saturated carbocycles. The zero-order chi connectivity index (χ0) is 15.2. The van der Waals surface area contributed by atoms with Crippen LogP contribution in [0.2, 0.25) is 10.0 Å². The molecule has 1 aromatic carbocycles. The van der Waals surface area contributed by atoms with Gasteiger partial charge < -0.3 is 5.32 Å². The maximum Gasteiger partial charge on any atom is 0.209 e. The van der Waals surface area contributed by atoms with Gasteiger partial charge in [0.1, 0.15) is 0 Å². The minimum atomic E-state index is 0.449. The van der Waals surface area contributed by atoms with Crippen LogP contribution < -0.4 is 5.32 Å². The van der Waals surface area contributed by atoms with Gasteiger partial charge in [0.25, 0.3) is 0 Å². The van der Waals surface area contributed by atoms with E-state index in [2.05, 4.69) is 34.7 Å². The number of halogens is 2. The topological polar surface area (TPSA) is 55.6 Å². The summed E-state index contributed by atoms with van der Waals surface area (Å²) in [5.41, 5.74) is 1.01. The van der Waals surface area contributed by atoms with Crippen LogP contribution in [0.5, 0.6) is 0 Å². The molecule has 0 unspecified atom stereocenters. The highest BCUT2D eigenvalue weighted by molar-refractivity contribution is 7.98. The van der Waals surface area contributed by atoms with E-state index in [0.29, 0.717) is 21.8 Å². The molecule has 5 nitrogen and oxygen atoms in total. The molecule has 2 aromatic rings.